The number of rotatable bonds is 0. The van der Waals surface area contributed by atoms with E-state index in [1.165, 1.54) is 0 Å². The van der Waals surface area contributed by atoms with Crippen LogP contribution in [0.15, 0.2) is 4.99 Å². The average Bonchev–Trinajstić information content (AvgIpc) is 2.12. The lowest BCUT2D eigenvalue weighted by atomic mass is 10.1. The highest BCUT2D eigenvalue weighted by atomic mass is 32.2. The van der Waals surface area contributed by atoms with Crippen LogP contribution in [-0.4, -0.2) is 22.4 Å². The van der Waals surface area contributed by atoms with E-state index < -0.39 is 16.8 Å². The molecule has 0 spiro atoms. The third-order valence-electron chi connectivity index (χ3n) is 1.41. The number of thioether (sulfide) groups is 1. The fraction of sp³-hybridized carbons (Fsp3) is 0.600. The summed E-state index contributed by atoms with van der Waals surface area (Å²) in [7, 11) is 0. The van der Waals surface area contributed by atoms with Crippen LogP contribution in [0.1, 0.15) is 6.92 Å². The largest absolute Gasteiger partial charge is 0.412 e. The molecule has 1 atom stereocenters. The highest BCUT2D eigenvalue weighted by Crippen LogP contribution is 2.43. The first-order valence-corrected chi connectivity index (χ1v) is 3.57. The molecule has 0 bridgehead atoms. The molecule has 0 radical (unpaired) electrons. The van der Waals surface area contributed by atoms with Gasteiger partial charge < -0.3 is 0 Å². The van der Waals surface area contributed by atoms with Crippen molar-refractivity contribution < 1.29 is 18.0 Å². The molecular formula is C5H4F3NOS. The zero-order valence-corrected chi connectivity index (χ0v) is 6.29. The Morgan fingerprint density at radius 2 is 2.18 bits per heavy atom. The monoisotopic (exact) mass is 183 g/mol. The van der Waals surface area contributed by atoms with Crippen LogP contribution in [0.5, 0.6) is 0 Å². The maximum atomic E-state index is 12.1. The summed E-state index contributed by atoms with van der Waals surface area (Å²) in [5.74, 6) is -1.13. The Balaban J connectivity index is 2.94. The summed E-state index contributed by atoms with van der Waals surface area (Å²) < 4.78 is 33.9. The number of halogens is 3. The average molecular weight is 183 g/mol. The third-order valence-corrected chi connectivity index (χ3v) is 2.50. The van der Waals surface area contributed by atoms with Crippen molar-refractivity contribution in [2.75, 3.05) is 0 Å². The molecule has 1 unspecified atom stereocenters. The van der Waals surface area contributed by atoms with E-state index in [4.69, 9.17) is 0 Å². The van der Waals surface area contributed by atoms with Gasteiger partial charge in [-0.15, -0.1) is 0 Å². The van der Waals surface area contributed by atoms with Crippen molar-refractivity contribution in [3.63, 3.8) is 0 Å². The van der Waals surface area contributed by atoms with Gasteiger partial charge in [0.05, 0.1) is 5.55 Å². The molecule has 6 heteroatoms. The minimum atomic E-state index is -4.52. The summed E-state index contributed by atoms with van der Waals surface area (Å²) >= 11 is 0.394. The maximum Gasteiger partial charge on any atom is 0.412 e. The summed E-state index contributed by atoms with van der Waals surface area (Å²) in [6, 6.07) is 0. The molecule has 0 saturated carbocycles. The zero-order chi connectivity index (χ0) is 8.70. The lowest BCUT2D eigenvalue weighted by Gasteiger charge is -2.22. The van der Waals surface area contributed by atoms with Crippen molar-refractivity contribution in [3.05, 3.63) is 0 Å². The van der Waals surface area contributed by atoms with Crippen molar-refractivity contribution in [2.45, 2.75) is 17.8 Å². The molecule has 0 saturated heterocycles. The minimum absolute atomic E-state index is 0.394. The molecule has 0 aromatic heterocycles. The van der Waals surface area contributed by atoms with Gasteiger partial charge in [0.1, 0.15) is 0 Å². The van der Waals surface area contributed by atoms with Crippen molar-refractivity contribution in [1.82, 2.24) is 0 Å². The number of carbonyl (C=O) groups excluding carboxylic acids is 1. The molecule has 1 aliphatic heterocycles. The van der Waals surface area contributed by atoms with Gasteiger partial charge in [0.2, 0.25) is 0 Å². The van der Waals surface area contributed by atoms with Gasteiger partial charge in [-0.1, -0.05) is 11.8 Å². The number of hydrogen-bond acceptors (Lipinski definition) is 2. The van der Waals surface area contributed by atoms with Crippen LogP contribution in [-0.2, 0) is 4.79 Å². The molecule has 1 aliphatic rings. The zero-order valence-electron chi connectivity index (χ0n) is 5.47. The third kappa shape index (κ3) is 1.15. The van der Waals surface area contributed by atoms with Crippen molar-refractivity contribution >= 4 is 23.2 Å². The van der Waals surface area contributed by atoms with Gasteiger partial charge in [-0.3, -0.25) is 4.79 Å². The standard InChI is InChI=1S/C5H4F3NOS/c1-4(5(6,7)8)3(10)9-2-11-4/h2H,1H3. The second kappa shape index (κ2) is 2.23. The first-order valence-electron chi connectivity index (χ1n) is 2.69. The highest BCUT2D eigenvalue weighted by Gasteiger charge is 2.59. The van der Waals surface area contributed by atoms with Crippen LogP contribution in [0.3, 0.4) is 0 Å². The van der Waals surface area contributed by atoms with Gasteiger partial charge in [0.25, 0.3) is 5.91 Å². The second-order valence-corrected chi connectivity index (χ2v) is 3.45. The van der Waals surface area contributed by atoms with E-state index in [2.05, 4.69) is 4.99 Å². The molecule has 1 heterocycles. The second-order valence-electron chi connectivity index (χ2n) is 2.19. The van der Waals surface area contributed by atoms with Crippen molar-refractivity contribution in [2.24, 2.45) is 4.99 Å². The number of hydrogen-bond donors (Lipinski definition) is 0. The van der Waals surface area contributed by atoms with E-state index in [0.29, 0.717) is 11.8 Å². The van der Waals surface area contributed by atoms with Gasteiger partial charge in [-0.2, -0.15) is 13.2 Å². The summed E-state index contributed by atoms with van der Waals surface area (Å²) in [4.78, 5) is 13.6. The Hall–Kier alpha value is -0.520. The Labute approximate surface area is 64.9 Å². The molecule has 0 aromatic carbocycles. The van der Waals surface area contributed by atoms with Crippen molar-refractivity contribution in [1.29, 1.82) is 0 Å². The molecule has 1 amide bonds. The fourth-order valence-corrected chi connectivity index (χ4v) is 1.19. The SMILES string of the molecule is CC1(C(F)(F)F)SC=NC1=O. The van der Waals surface area contributed by atoms with Gasteiger partial charge in [0.15, 0.2) is 4.75 Å². The van der Waals surface area contributed by atoms with Crippen LogP contribution in [0.25, 0.3) is 0 Å². The van der Waals surface area contributed by atoms with Gasteiger partial charge in [0, 0.05) is 0 Å². The molecule has 0 N–H and O–H groups in total. The smallest absolute Gasteiger partial charge is 0.271 e. The minimum Gasteiger partial charge on any atom is -0.271 e. The van der Waals surface area contributed by atoms with Gasteiger partial charge in [-0.25, -0.2) is 4.99 Å². The molecular weight excluding hydrogens is 179 g/mol. The van der Waals surface area contributed by atoms with E-state index in [0.717, 1.165) is 12.5 Å². The van der Waals surface area contributed by atoms with Crippen LogP contribution in [0.2, 0.25) is 0 Å². The summed E-state index contributed by atoms with van der Waals surface area (Å²) in [6.45, 7) is 0.826. The molecule has 2 nitrogen and oxygen atoms in total. The normalized spacial score (nSPS) is 31.5. The Morgan fingerprint density at radius 1 is 1.64 bits per heavy atom. The molecule has 62 valence electrons. The van der Waals surface area contributed by atoms with Crippen LogP contribution < -0.4 is 0 Å². The summed E-state index contributed by atoms with van der Waals surface area (Å²) in [5, 5.41) is 0. The van der Waals surface area contributed by atoms with Crippen molar-refractivity contribution in [3.8, 4) is 0 Å². The van der Waals surface area contributed by atoms with E-state index in [9.17, 15) is 18.0 Å². The summed E-state index contributed by atoms with van der Waals surface area (Å²) in [6.07, 6.45) is -4.52. The predicted octanol–water partition coefficient (Wildman–Crippen LogP) is 1.61. The van der Waals surface area contributed by atoms with E-state index in [-0.39, 0.29) is 0 Å². The Kier molecular flexibility index (Phi) is 1.74. The fourth-order valence-electron chi connectivity index (χ4n) is 0.541. The Bertz CT molecular complexity index is 224. The Morgan fingerprint density at radius 3 is 2.36 bits per heavy atom. The van der Waals surface area contributed by atoms with E-state index in [1.54, 1.807) is 0 Å². The number of amides is 1. The first kappa shape index (κ1) is 8.58. The van der Waals surface area contributed by atoms with Gasteiger partial charge in [-0.05, 0) is 6.92 Å². The van der Waals surface area contributed by atoms with Gasteiger partial charge >= 0.3 is 6.18 Å². The topological polar surface area (TPSA) is 29.4 Å². The molecule has 0 fully saturated rings. The van der Waals surface area contributed by atoms with E-state index >= 15 is 0 Å². The predicted molar refractivity (Wildman–Crippen MR) is 35.6 cm³/mol. The lowest BCUT2D eigenvalue weighted by molar-refractivity contribution is -0.165. The molecule has 0 aliphatic carbocycles. The molecule has 1 rings (SSSR count). The molecule has 11 heavy (non-hydrogen) atoms. The first-order chi connectivity index (χ1) is 4.88. The number of alkyl halides is 3. The maximum absolute atomic E-state index is 12.1. The highest BCUT2D eigenvalue weighted by molar-refractivity contribution is 8.14. The van der Waals surface area contributed by atoms with Crippen LogP contribution in [0.4, 0.5) is 13.2 Å². The lowest BCUT2D eigenvalue weighted by Crippen LogP contribution is -2.43. The summed E-state index contributed by atoms with van der Waals surface area (Å²) in [5.41, 5.74) is 0.926. The quantitative estimate of drug-likeness (QED) is 0.571. The van der Waals surface area contributed by atoms with Crippen LogP contribution in [0, 0.1) is 0 Å². The van der Waals surface area contributed by atoms with Crippen LogP contribution >= 0.6 is 11.8 Å². The molecule has 0 aromatic rings. The number of nitrogens with zero attached hydrogens (tertiary/aromatic N) is 1. The number of carbonyl (C=O) groups is 1. The van der Waals surface area contributed by atoms with E-state index in [1.807, 2.05) is 0 Å². The number of aliphatic imine (C=N–C) groups is 1.